The zero-order valence-corrected chi connectivity index (χ0v) is 15.2. The van der Waals surface area contributed by atoms with E-state index in [1.807, 2.05) is 0 Å². The molecule has 1 fully saturated rings. The summed E-state index contributed by atoms with van der Waals surface area (Å²) in [6.45, 7) is 3.63. The number of hydrogen-bond acceptors (Lipinski definition) is 5. The number of benzene rings is 1. The lowest BCUT2D eigenvalue weighted by molar-refractivity contribution is 0.102. The van der Waals surface area contributed by atoms with Crippen LogP contribution in [0.1, 0.15) is 35.4 Å². The van der Waals surface area contributed by atoms with Crippen molar-refractivity contribution < 1.29 is 9.21 Å². The standard InChI is InChI=1S/C19H19ClN4O2/c1-12-15(18(25)23-14-7-5-13(20)6-8-14)16-17(21-11-22-19(16)26-12)24-9-3-2-4-10-24/h5-8,11H,2-4,9-10H2,1H3,(H,23,25). The number of nitrogens with one attached hydrogen (secondary N) is 1. The molecule has 1 aliphatic heterocycles. The molecule has 0 unspecified atom stereocenters. The first-order valence-electron chi connectivity index (χ1n) is 8.69. The third-order valence-electron chi connectivity index (χ3n) is 4.63. The van der Waals surface area contributed by atoms with Crippen molar-refractivity contribution in [3.8, 4) is 0 Å². The van der Waals surface area contributed by atoms with Gasteiger partial charge in [-0.3, -0.25) is 4.79 Å². The Bertz CT molecular complexity index is 946. The Balaban J connectivity index is 1.75. The van der Waals surface area contributed by atoms with Gasteiger partial charge in [0.05, 0.1) is 10.9 Å². The summed E-state index contributed by atoms with van der Waals surface area (Å²) in [7, 11) is 0. The smallest absolute Gasteiger partial charge is 0.260 e. The normalized spacial score (nSPS) is 14.6. The molecule has 3 heterocycles. The van der Waals surface area contributed by atoms with Gasteiger partial charge in [0.2, 0.25) is 5.71 Å². The Morgan fingerprint density at radius 1 is 1.15 bits per heavy atom. The van der Waals surface area contributed by atoms with Gasteiger partial charge in [0.1, 0.15) is 17.9 Å². The van der Waals surface area contributed by atoms with Crippen LogP contribution in [0.5, 0.6) is 0 Å². The molecule has 0 saturated carbocycles. The lowest BCUT2D eigenvalue weighted by atomic mass is 10.1. The van der Waals surface area contributed by atoms with Gasteiger partial charge in [0, 0.05) is 23.8 Å². The predicted octanol–water partition coefficient (Wildman–Crippen LogP) is 4.43. The second-order valence-electron chi connectivity index (χ2n) is 6.42. The van der Waals surface area contributed by atoms with Gasteiger partial charge >= 0.3 is 0 Å². The number of rotatable bonds is 3. The Hall–Kier alpha value is -2.60. The van der Waals surface area contributed by atoms with E-state index in [2.05, 4.69) is 20.2 Å². The average Bonchev–Trinajstić information content (AvgIpc) is 3.00. The number of furan rings is 1. The highest BCUT2D eigenvalue weighted by Gasteiger charge is 2.25. The highest BCUT2D eigenvalue weighted by molar-refractivity contribution is 6.30. The van der Waals surface area contributed by atoms with E-state index in [1.165, 1.54) is 12.7 Å². The van der Waals surface area contributed by atoms with E-state index in [0.717, 1.165) is 31.7 Å². The van der Waals surface area contributed by atoms with Gasteiger partial charge in [-0.25, -0.2) is 9.97 Å². The van der Waals surface area contributed by atoms with Crippen LogP contribution in [0, 0.1) is 6.92 Å². The molecule has 0 aliphatic carbocycles. The molecule has 1 amide bonds. The van der Waals surface area contributed by atoms with E-state index in [9.17, 15) is 4.79 Å². The molecule has 7 heteroatoms. The molecule has 0 bridgehead atoms. The number of nitrogens with zero attached hydrogens (tertiary/aromatic N) is 3. The molecule has 0 spiro atoms. The van der Waals surface area contributed by atoms with Crippen LogP contribution in [-0.4, -0.2) is 29.0 Å². The fourth-order valence-electron chi connectivity index (χ4n) is 3.37. The summed E-state index contributed by atoms with van der Waals surface area (Å²) in [5.74, 6) is 1.06. The van der Waals surface area contributed by atoms with Gasteiger partial charge in [-0.2, -0.15) is 0 Å². The van der Waals surface area contributed by atoms with E-state index in [4.69, 9.17) is 16.0 Å². The molecule has 134 valence electrons. The van der Waals surface area contributed by atoms with E-state index in [0.29, 0.717) is 33.1 Å². The molecule has 1 saturated heterocycles. The van der Waals surface area contributed by atoms with Crippen molar-refractivity contribution in [2.45, 2.75) is 26.2 Å². The molecule has 26 heavy (non-hydrogen) atoms. The predicted molar refractivity (Wildman–Crippen MR) is 102 cm³/mol. The molecule has 0 atom stereocenters. The van der Waals surface area contributed by atoms with Crippen LogP contribution >= 0.6 is 11.6 Å². The molecule has 1 aliphatic rings. The van der Waals surface area contributed by atoms with Crippen molar-refractivity contribution >= 4 is 40.1 Å². The second-order valence-corrected chi connectivity index (χ2v) is 6.86. The molecule has 1 N–H and O–H groups in total. The number of carbonyl (C=O) groups is 1. The van der Waals surface area contributed by atoms with Gasteiger partial charge in [-0.15, -0.1) is 0 Å². The molecule has 2 aromatic heterocycles. The number of amides is 1. The minimum Gasteiger partial charge on any atom is -0.442 e. The van der Waals surface area contributed by atoms with Crippen molar-refractivity contribution in [1.29, 1.82) is 0 Å². The summed E-state index contributed by atoms with van der Waals surface area (Å²) in [5.41, 5.74) is 1.60. The quantitative estimate of drug-likeness (QED) is 0.738. The molecule has 4 rings (SSSR count). The van der Waals surface area contributed by atoms with Crippen molar-refractivity contribution in [3.05, 3.63) is 46.9 Å². The first-order chi connectivity index (χ1) is 12.6. The van der Waals surface area contributed by atoms with Crippen molar-refractivity contribution in [2.75, 3.05) is 23.3 Å². The summed E-state index contributed by atoms with van der Waals surface area (Å²) < 4.78 is 5.75. The van der Waals surface area contributed by atoms with Crippen LogP contribution in [0.15, 0.2) is 35.0 Å². The number of anilines is 2. The second kappa shape index (κ2) is 6.96. The Labute approximate surface area is 156 Å². The lowest BCUT2D eigenvalue weighted by Crippen LogP contribution is -2.30. The summed E-state index contributed by atoms with van der Waals surface area (Å²) >= 11 is 5.91. The third kappa shape index (κ3) is 3.12. The highest BCUT2D eigenvalue weighted by atomic mass is 35.5. The lowest BCUT2D eigenvalue weighted by Gasteiger charge is -2.28. The monoisotopic (exact) mass is 370 g/mol. The van der Waals surface area contributed by atoms with E-state index < -0.39 is 0 Å². The number of hydrogen-bond donors (Lipinski definition) is 1. The van der Waals surface area contributed by atoms with E-state index in [1.54, 1.807) is 31.2 Å². The number of aryl methyl sites for hydroxylation is 1. The fourth-order valence-corrected chi connectivity index (χ4v) is 3.50. The number of fused-ring (bicyclic) bond motifs is 1. The van der Waals surface area contributed by atoms with E-state index in [-0.39, 0.29) is 5.91 Å². The Kier molecular flexibility index (Phi) is 4.51. The maximum atomic E-state index is 13.0. The molecule has 0 radical (unpaired) electrons. The van der Waals surface area contributed by atoms with Crippen LogP contribution in [0.4, 0.5) is 11.5 Å². The fraction of sp³-hybridized carbons (Fsp3) is 0.316. The SMILES string of the molecule is Cc1oc2ncnc(N3CCCCC3)c2c1C(=O)Nc1ccc(Cl)cc1. The highest BCUT2D eigenvalue weighted by Crippen LogP contribution is 2.33. The van der Waals surface area contributed by atoms with Crippen molar-refractivity contribution in [2.24, 2.45) is 0 Å². The minimum absolute atomic E-state index is 0.239. The van der Waals surface area contributed by atoms with Crippen molar-refractivity contribution in [1.82, 2.24) is 9.97 Å². The topological polar surface area (TPSA) is 71.3 Å². The summed E-state index contributed by atoms with van der Waals surface area (Å²) in [6, 6.07) is 7.00. The van der Waals surface area contributed by atoms with Gasteiger partial charge < -0.3 is 14.6 Å². The summed E-state index contributed by atoms with van der Waals surface area (Å²) in [6.07, 6.45) is 4.96. The number of carbonyl (C=O) groups excluding carboxylic acids is 1. The minimum atomic E-state index is -0.239. The number of aromatic nitrogens is 2. The summed E-state index contributed by atoms with van der Waals surface area (Å²) in [4.78, 5) is 23.8. The Morgan fingerprint density at radius 2 is 1.88 bits per heavy atom. The van der Waals surface area contributed by atoms with Crippen LogP contribution < -0.4 is 10.2 Å². The first-order valence-corrected chi connectivity index (χ1v) is 9.07. The zero-order valence-electron chi connectivity index (χ0n) is 14.5. The van der Waals surface area contributed by atoms with E-state index >= 15 is 0 Å². The zero-order chi connectivity index (χ0) is 18.1. The largest absolute Gasteiger partial charge is 0.442 e. The molecule has 6 nitrogen and oxygen atoms in total. The van der Waals surface area contributed by atoms with Gasteiger partial charge in [0.15, 0.2) is 0 Å². The maximum absolute atomic E-state index is 13.0. The van der Waals surface area contributed by atoms with Crippen LogP contribution in [0.3, 0.4) is 0 Å². The molecular formula is C19H19ClN4O2. The van der Waals surface area contributed by atoms with Gasteiger partial charge in [-0.05, 0) is 50.5 Å². The first kappa shape index (κ1) is 16.8. The molecule has 3 aromatic rings. The molecule has 1 aromatic carbocycles. The summed E-state index contributed by atoms with van der Waals surface area (Å²) in [5, 5.41) is 4.20. The van der Waals surface area contributed by atoms with Gasteiger partial charge in [0.25, 0.3) is 5.91 Å². The third-order valence-corrected chi connectivity index (χ3v) is 4.88. The number of halogens is 1. The Morgan fingerprint density at radius 3 is 2.62 bits per heavy atom. The van der Waals surface area contributed by atoms with Crippen LogP contribution in [-0.2, 0) is 0 Å². The number of piperidine rings is 1. The van der Waals surface area contributed by atoms with Gasteiger partial charge in [-0.1, -0.05) is 11.6 Å². The maximum Gasteiger partial charge on any atom is 0.260 e. The molecular weight excluding hydrogens is 352 g/mol. The van der Waals surface area contributed by atoms with Crippen LogP contribution in [0.25, 0.3) is 11.1 Å². The van der Waals surface area contributed by atoms with Crippen LogP contribution in [0.2, 0.25) is 5.02 Å². The van der Waals surface area contributed by atoms with Crippen molar-refractivity contribution in [3.63, 3.8) is 0 Å². The average molecular weight is 371 g/mol.